The Bertz CT molecular complexity index is 498. The molecule has 0 saturated heterocycles. The first-order valence-electron chi connectivity index (χ1n) is 7.22. The maximum Gasteiger partial charge on any atom is 0.306 e. The maximum absolute atomic E-state index is 11.0. The van der Waals surface area contributed by atoms with Gasteiger partial charge in [-0.25, -0.2) is 0 Å². The second kappa shape index (κ2) is 4.97. The average molecular weight is 259 g/mol. The van der Waals surface area contributed by atoms with Gasteiger partial charge in [0.2, 0.25) is 0 Å². The third-order valence-electron chi connectivity index (χ3n) is 4.63. The number of nitrogens with one attached hydrogen (secondary N) is 1. The zero-order valence-corrected chi connectivity index (χ0v) is 11.4. The molecule has 0 aromatic heterocycles. The monoisotopic (exact) mass is 259 g/mol. The molecule has 0 spiro atoms. The van der Waals surface area contributed by atoms with Gasteiger partial charge in [-0.05, 0) is 61.8 Å². The van der Waals surface area contributed by atoms with Gasteiger partial charge in [-0.3, -0.25) is 4.79 Å². The first kappa shape index (κ1) is 12.7. The van der Waals surface area contributed by atoms with Crippen LogP contribution in [-0.2, 0) is 17.6 Å². The van der Waals surface area contributed by atoms with Crippen molar-refractivity contribution in [2.45, 2.75) is 38.1 Å². The lowest BCUT2D eigenvalue weighted by molar-refractivity contribution is -0.138. The van der Waals surface area contributed by atoms with Gasteiger partial charge in [-0.1, -0.05) is 18.2 Å². The van der Waals surface area contributed by atoms with Crippen molar-refractivity contribution in [2.24, 2.45) is 11.8 Å². The van der Waals surface area contributed by atoms with Gasteiger partial charge in [0.25, 0.3) is 0 Å². The lowest BCUT2D eigenvalue weighted by Crippen LogP contribution is -2.21. The van der Waals surface area contributed by atoms with Crippen LogP contribution in [0, 0.1) is 11.8 Å². The molecular weight excluding hydrogens is 238 g/mol. The van der Waals surface area contributed by atoms with Crippen molar-refractivity contribution < 1.29 is 9.90 Å². The molecule has 102 valence electrons. The number of aryl methyl sites for hydroxylation is 2. The number of aliphatic carboxylic acids is 1. The van der Waals surface area contributed by atoms with Crippen LogP contribution >= 0.6 is 0 Å². The van der Waals surface area contributed by atoms with E-state index in [2.05, 4.69) is 23.5 Å². The van der Waals surface area contributed by atoms with Crippen molar-refractivity contribution in [2.75, 3.05) is 7.05 Å². The van der Waals surface area contributed by atoms with Crippen molar-refractivity contribution in [1.29, 1.82) is 0 Å². The minimum Gasteiger partial charge on any atom is -0.481 e. The summed E-state index contributed by atoms with van der Waals surface area (Å²) in [6.07, 6.45) is 5.75. The number of carbonyl (C=O) groups is 1. The average Bonchev–Trinajstić information content (AvgIpc) is 3.20. The Labute approximate surface area is 114 Å². The van der Waals surface area contributed by atoms with Crippen molar-refractivity contribution in [3.63, 3.8) is 0 Å². The smallest absolute Gasteiger partial charge is 0.306 e. The summed E-state index contributed by atoms with van der Waals surface area (Å²) in [4.78, 5) is 11.0. The Morgan fingerprint density at radius 3 is 2.68 bits per heavy atom. The summed E-state index contributed by atoms with van der Waals surface area (Å²) < 4.78 is 0. The molecule has 3 atom stereocenters. The van der Waals surface area contributed by atoms with E-state index in [0.29, 0.717) is 0 Å². The fourth-order valence-electron chi connectivity index (χ4n) is 3.44. The summed E-state index contributed by atoms with van der Waals surface area (Å²) in [6, 6.07) is 6.91. The Hall–Kier alpha value is -1.35. The minimum absolute atomic E-state index is 0.159. The highest BCUT2D eigenvalue weighted by molar-refractivity contribution is 5.73. The molecule has 3 rings (SSSR count). The molecule has 0 aliphatic heterocycles. The van der Waals surface area contributed by atoms with E-state index in [1.54, 1.807) is 0 Å². The molecule has 3 unspecified atom stereocenters. The maximum atomic E-state index is 11.0. The largest absolute Gasteiger partial charge is 0.481 e. The van der Waals surface area contributed by atoms with Crippen molar-refractivity contribution >= 4 is 5.97 Å². The third kappa shape index (κ3) is 2.39. The number of rotatable bonds is 4. The summed E-state index contributed by atoms with van der Waals surface area (Å²) in [5.41, 5.74) is 4.21. The van der Waals surface area contributed by atoms with Crippen LogP contribution in [-0.4, -0.2) is 18.1 Å². The third-order valence-corrected chi connectivity index (χ3v) is 4.63. The van der Waals surface area contributed by atoms with Gasteiger partial charge >= 0.3 is 5.97 Å². The molecular formula is C16H21NO2. The van der Waals surface area contributed by atoms with E-state index in [0.717, 1.165) is 6.42 Å². The van der Waals surface area contributed by atoms with Gasteiger partial charge in [-0.15, -0.1) is 0 Å². The van der Waals surface area contributed by atoms with Crippen LogP contribution in [0.5, 0.6) is 0 Å². The van der Waals surface area contributed by atoms with Crippen LogP contribution in [0.2, 0.25) is 0 Å². The van der Waals surface area contributed by atoms with Crippen molar-refractivity contribution in [3.8, 4) is 0 Å². The standard InChI is InChI=1S/C16H21NO2/c1-17-15(13-9-14(13)16(18)19)12-7-6-10-4-2-3-5-11(10)8-12/h6-8,13-15,17H,2-5,9H2,1H3,(H,18,19). The summed E-state index contributed by atoms with van der Waals surface area (Å²) in [7, 11) is 1.93. The first-order chi connectivity index (χ1) is 9.20. The molecule has 1 aromatic rings. The molecule has 19 heavy (non-hydrogen) atoms. The second-order valence-corrected chi connectivity index (χ2v) is 5.85. The Balaban J connectivity index is 1.82. The van der Waals surface area contributed by atoms with E-state index < -0.39 is 5.97 Å². The van der Waals surface area contributed by atoms with Gasteiger partial charge < -0.3 is 10.4 Å². The second-order valence-electron chi connectivity index (χ2n) is 5.85. The van der Waals surface area contributed by atoms with Crippen molar-refractivity contribution in [1.82, 2.24) is 5.32 Å². The summed E-state index contributed by atoms with van der Waals surface area (Å²) in [5, 5.41) is 12.4. The Kier molecular flexibility index (Phi) is 3.31. The zero-order valence-electron chi connectivity index (χ0n) is 11.4. The highest BCUT2D eigenvalue weighted by atomic mass is 16.4. The van der Waals surface area contributed by atoms with E-state index >= 15 is 0 Å². The van der Waals surface area contributed by atoms with E-state index in [1.165, 1.54) is 42.4 Å². The molecule has 3 nitrogen and oxygen atoms in total. The number of carboxylic acids is 1. The molecule has 0 amide bonds. The molecule has 0 heterocycles. The Morgan fingerprint density at radius 2 is 2.05 bits per heavy atom. The highest BCUT2D eigenvalue weighted by Gasteiger charge is 2.48. The number of hydrogen-bond acceptors (Lipinski definition) is 2. The number of benzene rings is 1. The van der Waals surface area contributed by atoms with Gasteiger partial charge in [0, 0.05) is 6.04 Å². The molecule has 3 heteroatoms. The quantitative estimate of drug-likeness (QED) is 0.873. The van der Waals surface area contributed by atoms with E-state index in [4.69, 9.17) is 5.11 Å². The van der Waals surface area contributed by atoms with Gasteiger partial charge in [0.15, 0.2) is 0 Å². The lowest BCUT2D eigenvalue weighted by atomic mass is 9.88. The molecule has 0 radical (unpaired) electrons. The van der Waals surface area contributed by atoms with Crippen LogP contribution < -0.4 is 5.32 Å². The molecule has 2 aliphatic carbocycles. The van der Waals surface area contributed by atoms with Crippen LogP contribution in [0.15, 0.2) is 18.2 Å². The van der Waals surface area contributed by atoms with Crippen LogP contribution in [0.3, 0.4) is 0 Å². The zero-order chi connectivity index (χ0) is 13.4. The molecule has 2 N–H and O–H groups in total. The summed E-state index contributed by atoms with van der Waals surface area (Å²) >= 11 is 0. The fraction of sp³-hybridized carbons (Fsp3) is 0.562. The van der Waals surface area contributed by atoms with Crippen LogP contribution in [0.4, 0.5) is 0 Å². The van der Waals surface area contributed by atoms with Gasteiger partial charge in [0.1, 0.15) is 0 Å². The van der Waals surface area contributed by atoms with Gasteiger partial charge in [0.05, 0.1) is 5.92 Å². The normalized spacial score (nSPS) is 26.6. The molecule has 1 saturated carbocycles. The molecule has 2 aliphatic rings. The minimum atomic E-state index is -0.650. The predicted molar refractivity (Wildman–Crippen MR) is 74.1 cm³/mol. The fourth-order valence-corrected chi connectivity index (χ4v) is 3.44. The number of fused-ring (bicyclic) bond motifs is 1. The van der Waals surface area contributed by atoms with E-state index in [-0.39, 0.29) is 17.9 Å². The number of carboxylic acid groups (broad SMARTS) is 1. The SMILES string of the molecule is CNC(c1ccc2c(c1)CCCC2)C1CC1C(=O)O. The van der Waals surface area contributed by atoms with E-state index in [9.17, 15) is 4.79 Å². The van der Waals surface area contributed by atoms with E-state index in [1.807, 2.05) is 7.05 Å². The highest BCUT2D eigenvalue weighted by Crippen LogP contribution is 2.47. The van der Waals surface area contributed by atoms with Crippen LogP contribution in [0.25, 0.3) is 0 Å². The summed E-state index contributed by atoms with van der Waals surface area (Å²) in [6.45, 7) is 0. The topological polar surface area (TPSA) is 49.3 Å². The lowest BCUT2D eigenvalue weighted by Gasteiger charge is -2.21. The van der Waals surface area contributed by atoms with Gasteiger partial charge in [-0.2, -0.15) is 0 Å². The van der Waals surface area contributed by atoms with Crippen molar-refractivity contribution in [3.05, 3.63) is 34.9 Å². The Morgan fingerprint density at radius 1 is 1.32 bits per heavy atom. The predicted octanol–water partition coefficient (Wildman–Crippen LogP) is 2.55. The molecule has 1 fully saturated rings. The molecule has 1 aromatic carbocycles. The van der Waals surface area contributed by atoms with Crippen LogP contribution in [0.1, 0.15) is 42.0 Å². The summed E-state index contributed by atoms with van der Waals surface area (Å²) in [5.74, 6) is -0.555. The first-order valence-corrected chi connectivity index (χ1v) is 7.22. The molecule has 0 bridgehead atoms. The number of hydrogen-bond donors (Lipinski definition) is 2.